The van der Waals surface area contributed by atoms with Crippen LogP contribution in [-0.2, 0) is 19.1 Å². The van der Waals surface area contributed by atoms with Gasteiger partial charge in [-0.2, -0.15) is 13.2 Å². The first kappa shape index (κ1) is 15.3. The molecule has 1 aromatic carbocycles. The van der Waals surface area contributed by atoms with E-state index in [4.69, 9.17) is 5.73 Å². The summed E-state index contributed by atoms with van der Waals surface area (Å²) in [5.74, 6) is 0. The monoisotopic (exact) mass is 292 g/mol. The first-order valence-corrected chi connectivity index (χ1v) is 6.42. The molecule has 0 aliphatic rings. The van der Waals surface area contributed by atoms with Gasteiger partial charge in [0, 0.05) is 18.3 Å². The predicted octanol–water partition coefficient (Wildman–Crippen LogP) is 3.95. The van der Waals surface area contributed by atoms with Gasteiger partial charge in [-0.05, 0) is 35.7 Å². The summed E-state index contributed by atoms with van der Waals surface area (Å²) in [6.07, 6.45) is -0.614. The molecule has 0 spiro atoms. The summed E-state index contributed by atoms with van der Waals surface area (Å²) in [6, 6.07) is 7.13. The summed E-state index contributed by atoms with van der Waals surface area (Å²) in [4.78, 5) is 4.23. The number of halogens is 3. The average molecular weight is 292 g/mol. The van der Waals surface area contributed by atoms with E-state index >= 15 is 0 Å². The highest BCUT2D eigenvalue weighted by atomic mass is 19.4. The second-order valence-electron chi connectivity index (χ2n) is 4.58. The van der Waals surface area contributed by atoms with Gasteiger partial charge < -0.3 is 5.73 Å². The zero-order valence-corrected chi connectivity index (χ0v) is 11.3. The molecule has 5 heteroatoms. The second kappa shape index (κ2) is 6.10. The van der Waals surface area contributed by atoms with Crippen molar-refractivity contribution in [1.82, 2.24) is 4.98 Å². The van der Waals surface area contributed by atoms with Crippen molar-refractivity contribution in [2.75, 3.05) is 0 Å². The van der Waals surface area contributed by atoms with Crippen LogP contribution < -0.4 is 5.73 Å². The van der Waals surface area contributed by atoms with Gasteiger partial charge >= 0.3 is 6.18 Å². The van der Waals surface area contributed by atoms with E-state index in [-0.39, 0.29) is 6.54 Å². The topological polar surface area (TPSA) is 38.9 Å². The first-order chi connectivity index (χ1) is 9.97. The van der Waals surface area contributed by atoms with Gasteiger partial charge in [-0.15, -0.1) is 6.58 Å². The molecule has 110 valence electrons. The van der Waals surface area contributed by atoms with Crippen LogP contribution in [0.15, 0.2) is 49.2 Å². The number of benzene rings is 1. The van der Waals surface area contributed by atoms with Gasteiger partial charge in [0.05, 0.1) is 11.3 Å². The fourth-order valence-corrected chi connectivity index (χ4v) is 2.15. The summed E-state index contributed by atoms with van der Waals surface area (Å²) >= 11 is 0. The van der Waals surface area contributed by atoms with Crippen molar-refractivity contribution in [2.24, 2.45) is 5.73 Å². The molecule has 0 radical (unpaired) electrons. The highest BCUT2D eigenvalue weighted by Gasteiger charge is 2.31. The molecule has 2 nitrogen and oxygen atoms in total. The molecule has 21 heavy (non-hydrogen) atoms. The zero-order chi connectivity index (χ0) is 15.5. The summed E-state index contributed by atoms with van der Waals surface area (Å²) in [5.41, 5.74) is 7.33. The number of nitrogens with two attached hydrogens (primary N) is 1. The number of nitrogens with zero attached hydrogens (tertiary/aromatic N) is 1. The van der Waals surface area contributed by atoms with Crippen LogP contribution in [0.25, 0.3) is 11.3 Å². The van der Waals surface area contributed by atoms with Gasteiger partial charge in [-0.25, -0.2) is 0 Å². The summed E-state index contributed by atoms with van der Waals surface area (Å²) < 4.78 is 38.7. The first-order valence-electron chi connectivity index (χ1n) is 6.42. The molecular weight excluding hydrogens is 277 g/mol. The third kappa shape index (κ3) is 3.31. The lowest BCUT2D eigenvalue weighted by Crippen LogP contribution is -2.08. The maximum atomic E-state index is 12.9. The van der Waals surface area contributed by atoms with Gasteiger partial charge in [0.15, 0.2) is 0 Å². The standard InChI is InChI=1S/C16H15F3N2/c1-2-4-11-5-3-8-21-15(11)14-9-13(16(17,18)19)7-6-12(14)10-20/h2-3,5-9H,1,4,10,20H2. The molecule has 0 amide bonds. The number of hydrogen-bond donors (Lipinski definition) is 1. The van der Waals surface area contributed by atoms with Crippen molar-refractivity contribution in [3.8, 4) is 11.3 Å². The lowest BCUT2D eigenvalue weighted by Gasteiger charge is -2.14. The minimum absolute atomic E-state index is 0.150. The predicted molar refractivity (Wildman–Crippen MR) is 76.5 cm³/mol. The van der Waals surface area contributed by atoms with Crippen LogP contribution in [0.5, 0.6) is 0 Å². The molecular formula is C16H15F3N2. The molecule has 2 aromatic rings. The minimum Gasteiger partial charge on any atom is -0.326 e. The zero-order valence-electron chi connectivity index (χ0n) is 11.3. The van der Waals surface area contributed by atoms with E-state index < -0.39 is 11.7 Å². The third-order valence-corrected chi connectivity index (χ3v) is 3.17. The van der Waals surface area contributed by atoms with Gasteiger partial charge in [-0.3, -0.25) is 4.98 Å². The Morgan fingerprint density at radius 3 is 2.57 bits per heavy atom. The van der Waals surface area contributed by atoms with Crippen molar-refractivity contribution in [3.63, 3.8) is 0 Å². The Kier molecular flexibility index (Phi) is 4.43. The van der Waals surface area contributed by atoms with E-state index in [1.807, 2.05) is 6.07 Å². The number of aromatic nitrogens is 1. The average Bonchev–Trinajstić information content (AvgIpc) is 2.46. The number of rotatable bonds is 4. The van der Waals surface area contributed by atoms with Crippen LogP contribution in [0.4, 0.5) is 13.2 Å². The quantitative estimate of drug-likeness (QED) is 0.866. The number of hydrogen-bond acceptors (Lipinski definition) is 2. The smallest absolute Gasteiger partial charge is 0.326 e. The van der Waals surface area contributed by atoms with Crippen LogP contribution in [0.1, 0.15) is 16.7 Å². The Morgan fingerprint density at radius 1 is 1.19 bits per heavy atom. The van der Waals surface area contributed by atoms with Crippen LogP contribution in [0.2, 0.25) is 0 Å². The van der Waals surface area contributed by atoms with Crippen molar-refractivity contribution in [1.29, 1.82) is 0 Å². The van der Waals surface area contributed by atoms with E-state index in [1.165, 1.54) is 6.07 Å². The summed E-state index contributed by atoms with van der Waals surface area (Å²) in [5, 5.41) is 0. The number of alkyl halides is 3. The highest BCUT2D eigenvalue weighted by Crippen LogP contribution is 2.34. The Balaban J connectivity index is 2.64. The Morgan fingerprint density at radius 2 is 1.95 bits per heavy atom. The molecule has 1 heterocycles. The number of allylic oxidation sites excluding steroid dienone is 1. The molecule has 0 atom stereocenters. The molecule has 0 unspecified atom stereocenters. The fourth-order valence-electron chi connectivity index (χ4n) is 2.15. The van der Waals surface area contributed by atoms with E-state index in [2.05, 4.69) is 11.6 Å². The van der Waals surface area contributed by atoms with Crippen LogP contribution >= 0.6 is 0 Å². The molecule has 0 fully saturated rings. The van der Waals surface area contributed by atoms with Crippen LogP contribution in [0.3, 0.4) is 0 Å². The SMILES string of the molecule is C=CCc1cccnc1-c1cc(C(F)(F)F)ccc1CN. The van der Waals surface area contributed by atoms with Gasteiger partial charge in [0.2, 0.25) is 0 Å². The Hall–Kier alpha value is -2.14. The molecule has 2 N–H and O–H groups in total. The Bertz CT molecular complexity index is 648. The molecule has 1 aromatic heterocycles. The molecule has 0 bridgehead atoms. The van der Waals surface area contributed by atoms with E-state index in [1.54, 1.807) is 18.3 Å². The van der Waals surface area contributed by atoms with E-state index in [9.17, 15) is 13.2 Å². The van der Waals surface area contributed by atoms with Gasteiger partial charge in [-0.1, -0.05) is 18.2 Å². The van der Waals surface area contributed by atoms with Crippen molar-refractivity contribution in [3.05, 3.63) is 65.9 Å². The second-order valence-corrected chi connectivity index (χ2v) is 4.58. The number of pyridine rings is 1. The molecule has 0 saturated heterocycles. The maximum absolute atomic E-state index is 12.9. The minimum atomic E-state index is -4.39. The van der Waals surface area contributed by atoms with Crippen molar-refractivity contribution >= 4 is 0 Å². The van der Waals surface area contributed by atoms with Gasteiger partial charge in [0.25, 0.3) is 0 Å². The summed E-state index contributed by atoms with van der Waals surface area (Å²) in [6.45, 7) is 3.81. The third-order valence-electron chi connectivity index (χ3n) is 3.17. The molecule has 0 saturated carbocycles. The largest absolute Gasteiger partial charge is 0.416 e. The summed E-state index contributed by atoms with van der Waals surface area (Å²) in [7, 11) is 0. The van der Waals surface area contributed by atoms with E-state index in [0.717, 1.165) is 17.7 Å². The fraction of sp³-hybridized carbons (Fsp3) is 0.188. The maximum Gasteiger partial charge on any atom is 0.416 e. The van der Waals surface area contributed by atoms with E-state index in [0.29, 0.717) is 23.2 Å². The molecule has 0 aliphatic carbocycles. The van der Waals surface area contributed by atoms with Crippen molar-refractivity contribution < 1.29 is 13.2 Å². The lowest BCUT2D eigenvalue weighted by atomic mass is 9.96. The molecule has 2 rings (SSSR count). The van der Waals surface area contributed by atoms with Crippen LogP contribution in [0, 0.1) is 0 Å². The van der Waals surface area contributed by atoms with Crippen molar-refractivity contribution in [2.45, 2.75) is 19.1 Å². The lowest BCUT2D eigenvalue weighted by molar-refractivity contribution is -0.137. The highest BCUT2D eigenvalue weighted by molar-refractivity contribution is 5.68. The Labute approximate surface area is 121 Å². The molecule has 0 aliphatic heterocycles. The van der Waals surface area contributed by atoms with Gasteiger partial charge in [0.1, 0.15) is 0 Å². The van der Waals surface area contributed by atoms with Crippen LogP contribution in [-0.4, -0.2) is 4.98 Å². The normalized spacial score (nSPS) is 11.4.